The number of hydrogen-bond acceptors (Lipinski definition) is 5. The van der Waals surface area contributed by atoms with Crippen LogP contribution >= 0.6 is 0 Å². The monoisotopic (exact) mass is 446 g/mol. The van der Waals surface area contributed by atoms with Crippen LogP contribution in [0.4, 0.5) is 15.8 Å². The quantitative estimate of drug-likeness (QED) is 0.548. The van der Waals surface area contributed by atoms with E-state index >= 15 is 0 Å². The number of aryl methyl sites for hydroxylation is 1. The molecule has 1 aliphatic rings. The summed E-state index contributed by atoms with van der Waals surface area (Å²) in [5, 5.41) is 3.16. The van der Waals surface area contributed by atoms with Gasteiger partial charge in [-0.3, -0.25) is 9.59 Å². The van der Waals surface area contributed by atoms with Crippen molar-refractivity contribution in [2.24, 2.45) is 0 Å². The van der Waals surface area contributed by atoms with Gasteiger partial charge in [-0.05, 0) is 48.7 Å². The zero-order valence-electron chi connectivity index (χ0n) is 18.7. The van der Waals surface area contributed by atoms with Gasteiger partial charge in [0.2, 0.25) is 0 Å². The second-order valence-electron chi connectivity index (χ2n) is 7.65. The third kappa shape index (κ3) is 4.05. The Morgan fingerprint density at radius 3 is 2.09 bits per heavy atom. The van der Waals surface area contributed by atoms with Crippen molar-refractivity contribution >= 4 is 28.8 Å². The van der Waals surface area contributed by atoms with Crippen molar-refractivity contribution in [3.63, 3.8) is 0 Å². The number of carbonyl (C=O) groups is 2. The maximum atomic E-state index is 13.6. The Hall–Kier alpha value is -4.13. The van der Waals surface area contributed by atoms with Crippen LogP contribution in [0.25, 0.3) is 5.57 Å². The van der Waals surface area contributed by atoms with Crippen LogP contribution in [0.1, 0.15) is 16.7 Å². The second kappa shape index (κ2) is 8.78. The summed E-state index contributed by atoms with van der Waals surface area (Å²) in [5.74, 6) is -0.631. The molecule has 4 rings (SSSR count). The van der Waals surface area contributed by atoms with Crippen LogP contribution in [0.15, 0.2) is 66.4 Å². The number of ether oxygens (including phenoxy) is 2. The molecule has 1 heterocycles. The molecule has 0 aromatic heterocycles. The van der Waals surface area contributed by atoms with Gasteiger partial charge in [0.25, 0.3) is 11.8 Å². The van der Waals surface area contributed by atoms with E-state index in [1.807, 2.05) is 32.0 Å². The average Bonchev–Trinajstić information content (AvgIpc) is 3.06. The van der Waals surface area contributed by atoms with Gasteiger partial charge in [0.05, 0.1) is 25.5 Å². The van der Waals surface area contributed by atoms with Crippen molar-refractivity contribution in [3.8, 4) is 11.5 Å². The van der Waals surface area contributed by atoms with E-state index in [1.54, 1.807) is 18.2 Å². The van der Waals surface area contributed by atoms with Crippen molar-refractivity contribution in [1.82, 2.24) is 0 Å². The maximum absolute atomic E-state index is 13.6. The van der Waals surface area contributed by atoms with Gasteiger partial charge in [-0.2, -0.15) is 0 Å². The molecule has 6 nitrogen and oxygen atoms in total. The summed E-state index contributed by atoms with van der Waals surface area (Å²) in [5.41, 5.74) is 3.69. The summed E-state index contributed by atoms with van der Waals surface area (Å²) in [4.78, 5) is 28.2. The van der Waals surface area contributed by atoms with Crippen LogP contribution in [0.3, 0.4) is 0 Å². The van der Waals surface area contributed by atoms with Crippen molar-refractivity contribution in [1.29, 1.82) is 0 Å². The molecule has 2 amide bonds. The number of imide groups is 1. The molecule has 1 aliphatic heterocycles. The maximum Gasteiger partial charge on any atom is 0.282 e. The van der Waals surface area contributed by atoms with Crippen molar-refractivity contribution in [3.05, 3.63) is 88.9 Å². The summed E-state index contributed by atoms with van der Waals surface area (Å²) in [6.45, 7) is 3.90. The summed E-state index contributed by atoms with van der Waals surface area (Å²) in [7, 11) is 2.98. The summed E-state index contributed by atoms with van der Waals surface area (Å²) < 4.78 is 24.2. The molecular formula is C26H23FN2O4. The molecule has 1 N–H and O–H groups in total. The van der Waals surface area contributed by atoms with Gasteiger partial charge in [-0.15, -0.1) is 0 Å². The fourth-order valence-corrected chi connectivity index (χ4v) is 3.71. The molecule has 7 heteroatoms. The van der Waals surface area contributed by atoms with Gasteiger partial charge in [-0.1, -0.05) is 24.3 Å². The first-order valence-electron chi connectivity index (χ1n) is 10.3. The van der Waals surface area contributed by atoms with Gasteiger partial charge in [0.1, 0.15) is 23.0 Å². The van der Waals surface area contributed by atoms with E-state index in [4.69, 9.17) is 9.47 Å². The van der Waals surface area contributed by atoms with Crippen LogP contribution in [0, 0.1) is 19.7 Å². The molecule has 0 spiro atoms. The zero-order chi connectivity index (χ0) is 23.7. The lowest BCUT2D eigenvalue weighted by atomic mass is 10.0. The molecule has 0 radical (unpaired) electrons. The largest absolute Gasteiger partial charge is 0.497 e. The van der Waals surface area contributed by atoms with E-state index in [-0.39, 0.29) is 11.3 Å². The number of methoxy groups -OCH3 is 2. The highest BCUT2D eigenvalue weighted by molar-refractivity contribution is 6.46. The fraction of sp³-hybridized carbons (Fsp3) is 0.154. The SMILES string of the molecule is COc1cc(OC)cc(N2C(=O)C(Nc3cccc(C)c3C)=C(c3ccc(F)cc3)C2=O)c1. The molecule has 0 unspecified atom stereocenters. The number of nitrogens with one attached hydrogen (secondary N) is 1. The predicted molar refractivity (Wildman–Crippen MR) is 125 cm³/mol. The standard InChI is InChI=1S/C26H23FN2O4/c1-15-6-5-7-22(16(15)2)28-24-23(17-8-10-18(27)11-9-17)25(30)29(26(24)31)19-12-20(32-3)14-21(13-19)33-4/h5-14,28H,1-4H3. The van der Waals surface area contributed by atoms with Gasteiger partial charge in [0.15, 0.2) is 0 Å². The number of nitrogens with zero attached hydrogens (tertiary/aromatic N) is 1. The minimum absolute atomic E-state index is 0.113. The Bertz CT molecular complexity index is 1260. The average molecular weight is 446 g/mol. The number of anilines is 2. The molecular weight excluding hydrogens is 423 g/mol. The highest BCUT2D eigenvalue weighted by atomic mass is 19.1. The lowest BCUT2D eigenvalue weighted by Gasteiger charge is -2.18. The number of rotatable bonds is 6. The Morgan fingerprint density at radius 2 is 1.48 bits per heavy atom. The van der Waals surface area contributed by atoms with Crippen LogP contribution in [-0.2, 0) is 9.59 Å². The van der Waals surface area contributed by atoms with Crippen molar-refractivity contribution in [2.45, 2.75) is 13.8 Å². The normalized spacial score (nSPS) is 13.5. The van der Waals surface area contributed by atoms with E-state index in [9.17, 15) is 14.0 Å². The Balaban J connectivity index is 1.86. The molecule has 0 bridgehead atoms. The first-order valence-corrected chi connectivity index (χ1v) is 10.3. The van der Waals surface area contributed by atoms with Crippen molar-refractivity contribution in [2.75, 3.05) is 24.4 Å². The molecule has 0 saturated heterocycles. The lowest BCUT2D eigenvalue weighted by Crippen LogP contribution is -2.32. The van der Waals surface area contributed by atoms with Gasteiger partial charge in [0, 0.05) is 23.9 Å². The third-order valence-corrected chi connectivity index (χ3v) is 5.68. The lowest BCUT2D eigenvalue weighted by molar-refractivity contribution is -0.120. The number of benzene rings is 3. The Kier molecular flexibility index (Phi) is 5.87. The molecule has 3 aromatic carbocycles. The number of carbonyl (C=O) groups excluding carboxylic acids is 2. The first kappa shape index (κ1) is 22.1. The zero-order valence-corrected chi connectivity index (χ0v) is 18.7. The van der Waals surface area contributed by atoms with Crippen LogP contribution < -0.4 is 19.7 Å². The van der Waals surface area contributed by atoms with Gasteiger partial charge < -0.3 is 14.8 Å². The second-order valence-corrected chi connectivity index (χ2v) is 7.65. The highest BCUT2D eigenvalue weighted by Crippen LogP contribution is 2.37. The predicted octanol–water partition coefficient (Wildman–Crippen LogP) is 4.86. The third-order valence-electron chi connectivity index (χ3n) is 5.68. The highest BCUT2D eigenvalue weighted by Gasteiger charge is 2.40. The van der Waals surface area contributed by atoms with Crippen molar-refractivity contribution < 1.29 is 23.5 Å². The number of halogens is 1. The van der Waals surface area contributed by atoms with E-state index in [1.165, 1.54) is 38.5 Å². The smallest absolute Gasteiger partial charge is 0.282 e. The number of hydrogen-bond donors (Lipinski definition) is 1. The topological polar surface area (TPSA) is 67.9 Å². The van der Waals surface area contributed by atoms with Crippen LogP contribution in [0.2, 0.25) is 0 Å². The molecule has 0 fully saturated rings. The Morgan fingerprint density at radius 1 is 0.848 bits per heavy atom. The van der Waals surface area contributed by atoms with E-state index in [0.29, 0.717) is 28.4 Å². The molecule has 3 aromatic rings. The van der Waals surface area contributed by atoms with Gasteiger partial charge >= 0.3 is 0 Å². The van der Waals surface area contributed by atoms with Gasteiger partial charge in [-0.25, -0.2) is 9.29 Å². The van der Waals surface area contributed by atoms with E-state index in [0.717, 1.165) is 16.0 Å². The van der Waals surface area contributed by atoms with Crippen LogP contribution in [0.5, 0.6) is 11.5 Å². The molecule has 0 atom stereocenters. The fourth-order valence-electron chi connectivity index (χ4n) is 3.71. The number of amides is 2. The summed E-state index contributed by atoms with van der Waals surface area (Å²) in [6, 6.07) is 16.0. The molecule has 168 valence electrons. The summed E-state index contributed by atoms with van der Waals surface area (Å²) >= 11 is 0. The van der Waals surface area contributed by atoms with Crippen LogP contribution in [-0.4, -0.2) is 26.0 Å². The minimum atomic E-state index is -0.533. The molecule has 0 saturated carbocycles. The summed E-state index contributed by atoms with van der Waals surface area (Å²) in [6.07, 6.45) is 0. The molecule has 33 heavy (non-hydrogen) atoms. The Labute approximate surface area is 191 Å². The molecule has 0 aliphatic carbocycles. The first-order chi connectivity index (χ1) is 15.8. The minimum Gasteiger partial charge on any atom is -0.497 e. The van der Waals surface area contributed by atoms with E-state index in [2.05, 4.69) is 5.32 Å². The van der Waals surface area contributed by atoms with E-state index < -0.39 is 17.6 Å².